The summed E-state index contributed by atoms with van der Waals surface area (Å²) in [5.74, 6) is 0.281. The van der Waals surface area contributed by atoms with Gasteiger partial charge in [0.1, 0.15) is 23.0 Å². The molecular weight excluding hydrogens is 308 g/mol. The Morgan fingerprint density at radius 3 is 2.75 bits per heavy atom. The Labute approximate surface area is 139 Å². The van der Waals surface area contributed by atoms with Gasteiger partial charge in [0.05, 0.1) is 6.54 Å². The number of likely N-dealkylation sites (tertiary alicyclic amines) is 1. The maximum absolute atomic E-state index is 12.6. The van der Waals surface area contributed by atoms with E-state index < -0.39 is 17.3 Å². The van der Waals surface area contributed by atoms with E-state index in [9.17, 15) is 14.7 Å². The SMILES string of the molecule is C[C@]1(O)CCN(C(=O)c2ccc[nH]c2=O)C[C@@H]1Oc1ccccc1. The molecule has 2 heterocycles. The molecule has 2 N–H and O–H groups in total. The Morgan fingerprint density at radius 1 is 1.29 bits per heavy atom. The average Bonchev–Trinajstić information content (AvgIpc) is 2.57. The molecule has 1 aliphatic rings. The third-order valence-corrected chi connectivity index (χ3v) is 4.33. The van der Waals surface area contributed by atoms with Crippen LogP contribution in [0.3, 0.4) is 0 Å². The van der Waals surface area contributed by atoms with E-state index >= 15 is 0 Å². The minimum atomic E-state index is -1.05. The van der Waals surface area contributed by atoms with Crippen molar-refractivity contribution in [1.82, 2.24) is 9.88 Å². The number of aliphatic hydroxyl groups is 1. The molecule has 2 aromatic rings. The molecule has 1 aliphatic heterocycles. The summed E-state index contributed by atoms with van der Waals surface area (Å²) in [6, 6.07) is 12.3. The van der Waals surface area contributed by atoms with Crippen LogP contribution < -0.4 is 10.3 Å². The number of aromatic nitrogens is 1. The van der Waals surface area contributed by atoms with Gasteiger partial charge < -0.3 is 19.7 Å². The van der Waals surface area contributed by atoms with Crippen LogP contribution in [0.25, 0.3) is 0 Å². The lowest BCUT2D eigenvalue weighted by molar-refractivity contribution is -0.0881. The number of para-hydroxylation sites is 1. The van der Waals surface area contributed by atoms with Gasteiger partial charge in [0.2, 0.25) is 0 Å². The molecule has 1 aromatic heterocycles. The number of carbonyl (C=O) groups excluding carboxylic acids is 1. The van der Waals surface area contributed by atoms with Crippen molar-refractivity contribution in [3.05, 3.63) is 64.6 Å². The fourth-order valence-electron chi connectivity index (χ4n) is 2.78. The van der Waals surface area contributed by atoms with Crippen molar-refractivity contribution >= 4 is 5.91 Å². The highest BCUT2D eigenvalue weighted by atomic mass is 16.5. The molecule has 24 heavy (non-hydrogen) atoms. The smallest absolute Gasteiger partial charge is 0.260 e. The zero-order valence-corrected chi connectivity index (χ0v) is 13.4. The summed E-state index contributed by atoms with van der Waals surface area (Å²) in [4.78, 5) is 28.5. The maximum atomic E-state index is 12.6. The molecule has 1 fully saturated rings. The van der Waals surface area contributed by atoms with Crippen LogP contribution in [-0.4, -0.2) is 45.7 Å². The standard InChI is InChI=1S/C18H20N2O4/c1-18(23)9-11-20(17(22)14-8-5-10-19-16(14)21)12-15(18)24-13-6-3-2-4-7-13/h2-8,10,15,23H,9,11-12H2,1H3,(H,19,21)/t15-,18-/m0/s1. The number of piperidine rings is 1. The number of aromatic amines is 1. The largest absolute Gasteiger partial charge is 0.486 e. The van der Waals surface area contributed by atoms with Crippen molar-refractivity contribution in [2.75, 3.05) is 13.1 Å². The van der Waals surface area contributed by atoms with Gasteiger partial charge in [0.25, 0.3) is 11.5 Å². The van der Waals surface area contributed by atoms with Gasteiger partial charge in [-0.2, -0.15) is 0 Å². The predicted octanol–water partition coefficient (Wildman–Crippen LogP) is 1.42. The second kappa shape index (κ2) is 6.49. The third-order valence-electron chi connectivity index (χ3n) is 4.33. The highest BCUT2D eigenvalue weighted by Gasteiger charge is 2.41. The quantitative estimate of drug-likeness (QED) is 0.893. The van der Waals surface area contributed by atoms with Crippen molar-refractivity contribution in [3.8, 4) is 5.75 Å². The van der Waals surface area contributed by atoms with E-state index in [1.807, 2.05) is 18.2 Å². The van der Waals surface area contributed by atoms with Crippen molar-refractivity contribution in [1.29, 1.82) is 0 Å². The number of benzene rings is 1. The number of ether oxygens (including phenoxy) is 1. The van der Waals surface area contributed by atoms with Gasteiger partial charge in [0.15, 0.2) is 0 Å². The third kappa shape index (κ3) is 3.33. The van der Waals surface area contributed by atoms with Gasteiger partial charge in [-0.3, -0.25) is 9.59 Å². The fraction of sp³-hybridized carbons (Fsp3) is 0.333. The summed E-state index contributed by atoms with van der Waals surface area (Å²) in [6.07, 6.45) is 1.29. The van der Waals surface area contributed by atoms with Crippen molar-refractivity contribution in [3.63, 3.8) is 0 Å². The van der Waals surface area contributed by atoms with E-state index in [0.717, 1.165) is 0 Å². The first-order valence-corrected chi connectivity index (χ1v) is 7.88. The number of rotatable bonds is 3. The summed E-state index contributed by atoms with van der Waals surface area (Å²) >= 11 is 0. The van der Waals surface area contributed by atoms with E-state index in [4.69, 9.17) is 4.74 Å². The molecule has 0 bridgehead atoms. The fourth-order valence-corrected chi connectivity index (χ4v) is 2.78. The Balaban J connectivity index is 1.79. The minimum absolute atomic E-state index is 0.0949. The molecule has 1 amide bonds. The van der Waals surface area contributed by atoms with E-state index in [2.05, 4.69) is 4.98 Å². The molecule has 126 valence electrons. The van der Waals surface area contributed by atoms with Crippen LogP contribution in [0.5, 0.6) is 5.75 Å². The first kappa shape index (κ1) is 16.3. The summed E-state index contributed by atoms with van der Waals surface area (Å²) in [6.45, 7) is 2.29. The number of nitrogens with one attached hydrogen (secondary N) is 1. The Morgan fingerprint density at radius 2 is 2.04 bits per heavy atom. The number of pyridine rings is 1. The molecule has 0 saturated carbocycles. The van der Waals surface area contributed by atoms with E-state index in [-0.39, 0.29) is 18.0 Å². The predicted molar refractivity (Wildman–Crippen MR) is 89.1 cm³/mol. The normalized spacial score (nSPS) is 23.8. The number of hydrogen-bond acceptors (Lipinski definition) is 4. The molecule has 6 nitrogen and oxygen atoms in total. The number of amides is 1. The van der Waals surface area contributed by atoms with Crippen LogP contribution in [0.1, 0.15) is 23.7 Å². The van der Waals surface area contributed by atoms with Crippen LogP contribution in [0, 0.1) is 0 Å². The Bertz CT molecular complexity index is 770. The average molecular weight is 328 g/mol. The zero-order chi connectivity index (χ0) is 17.2. The molecule has 0 unspecified atom stereocenters. The van der Waals surface area contributed by atoms with E-state index in [1.54, 1.807) is 30.0 Å². The first-order chi connectivity index (χ1) is 11.5. The van der Waals surface area contributed by atoms with Crippen molar-refractivity contribution in [2.45, 2.75) is 25.0 Å². The second-order valence-corrected chi connectivity index (χ2v) is 6.19. The van der Waals surface area contributed by atoms with Crippen LogP contribution >= 0.6 is 0 Å². The summed E-state index contributed by atoms with van der Waals surface area (Å²) in [5, 5.41) is 10.6. The maximum Gasteiger partial charge on any atom is 0.260 e. The van der Waals surface area contributed by atoms with Crippen LogP contribution in [-0.2, 0) is 0 Å². The molecule has 0 aliphatic carbocycles. The number of H-pyrrole nitrogens is 1. The van der Waals surface area contributed by atoms with Gasteiger partial charge >= 0.3 is 0 Å². The van der Waals surface area contributed by atoms with Gasteiger partial charge in [-0.1, -0.05) is 18.2 Å². The van der Waals surface area contributed by atoms with E-state index in [0.29, 0.717) is 18.7 Å². The van der Waals surface area contributed by atoms with Crippen LogP contribution in [0.2, 0.25) is 0 Å². The lowest BCUT2D eigenvalue weighted by Crippen LogP contribution is -2.58. The zero-order valence-electron chi connectivity index (χ0n) is 13.4. The highest BCUT2D eigenvalue weighted by Crippen LogP contribution is 2.27. The number of carbonyl (C=O) groups is 1. The van der Waals surface area contributed by atoms with Crippen molar-refractivity contribution < 1.29 is 14.6 Å². The topological polar surface area (TPSA) is 82.6 Å². The molecular formula is C18H20N2O4. The molecule has 6 heteroatoms. The Kier molecular flexibility index (Phi) is 4.40. The Hall–Kier alpha value is -2.60. The first-order valence-electron chi connectivity index (χ1n) is 7.88. The van der Waals surface area contributed by atoms with Gasteiger partial charge in [-0.25, -0.2) is 0 Å². The van der Waals surface area contributed by atoms with Gasteiger partial charge in [-0.15, -0.1) is 0 Å². The van der Waals surface area contributed by atoms with Crippen LogP contribution in [0.4, 0.5) is 0 Å². The van der Waals surface area contributed by atoms with Gasteiger partial charge in [-0.05, 0) is 37.6 Å². The van der Waals surface area contributed by atoms with Gasteiger partial charge in [0, 0.05) is 12.7 Å². The van der Waals surface area contributed by atoms with Crippen molar-refractivity contribution in [2.24, 2.45) is 0 Å². The number of nitrogens with zero attached hydrogens (tertiary/aromatic N) is 1. The second-order valence-electron chi connectivity index (χ2n) is 6.19. The molecule has 1 aromatic carbocycles. The van der Waals surface area contributed by atoms with Crippen LogP contribution in [0.15, 0.2) is 53.5 Å². The summed E-state index contributed by atoms with van der Waals surface area (Å²) in [7, 11) is 0. The summed E-state index contributed by atoms with van der Waals surface area (Å²) in [5.41, 5.74) is -1.37. The molecule has 1 saturated heterocycles. The van der Waals surface area contributed by atoms with E-state index in [1.165, 1.54) is 12.3 Å². The summed E-state index contributed by atoms with van der Waals surface area (Å²) < 4.78 is 5.89. The molecule has 3 rings (SSSR count). The monoisotopic (exact) mass is 328 g/mol. The molecule has 0 radical (unpaired) electrons. The lowest BCUT2D eigenvalue weighted by atomic mass is 9.90. The number of hydrogen-bond donors (Lipinski definition) is 2. The lowest BCUT2D eigenvalue weighted by Gasteiger charge is -2.42. The minimum Gasteiger partial charge on any atom is -0.486 e. The highest BCUT2D eigenvalue weighted by molar-refractivity contribution is 5.93. The molecule has 0 spiro atoms. The molecule has 2 atom stereocenters.